The Bertz CT molecular complexity index is 573. The molecule has 2 rings (SSSR count). The molecular weight excluding hydrogens is 359 g/mol. The molecule has 0 saturated carbocycles. The van der Waals surface area contributed by atoms with Crippen LogP contribution in [0.2, 0.25) is 10.0 Å². The third-order valence-corrected chi connectivity index (χ3v) is 4.05. The van der Waals surface area contributed by atoms with Crippen molar-refractivity contribution in [3.63, 3.8) is 0 Å². The molecule has 2 nitrogen and oxygen atoms in total. The standard InChI is InChI=1S/C15H15BrCl2N2/c1-2-19-15(14-6-4-11(16)9-20-14)7-10-3-5-12(17)8-13(10)18/h3-6,8-9,15,19H,2,7H2,1H3. The lowest BCUT2D eigenvalue weighted by Crippen LogP contribution is -2.24. The van der Waals surface area contributed by atoms with Gasteiger partial charge in [0.1, 0.15) is 0 Å². The molecule has 0 amide bonds. The van der Waals surface area contributed by atoms with E-state index in [9.17, 15) is 0 Å². The van der Waals surface area contributed by atoms with Crippen molar-refractivity contribution >= 4 is 39.1 Å². The van der Waals surface area contributed by atoms with Gasteiger partial charge < -0.3 is 5.32 Å². The van der Waals surface area contributed by atoms with Gasteiger partial charge in [0.05, 0.1) is 11.7 Å². The van der Waals surface area contributed by atoms with E-state index in [-0.39, 0.29) is 6.04 Å². The van der Waals surface area contributed by atoms with Crippen LogP contribution in [0.3, 0.4) is 0 Å². The van der Waals surface area contributed by atoms with Gasteiger partial charge in [-0.15, -0.1) is 0 Å². The predicted octanol–water partition coefficient (Wildman–Crippen LogP) is 5.04. The van der Waals surface area contributed by atoms with Crippen LogP contribution in [-0.4, -0.2) is 11.5 Å². The number of pyridine rings is 1. The summed E-state index contributed by atoms with van der Waals surface area (Å²) >= 11 is 15.6. The third kappa shape index (κ3) is 4.19. The zero-order valence-electron chi connectivity index (χ0n) is 11.0. The molecule has 5 heteroatoms. The molecule has 1 unspecified atom stereocenters. The van der Waals surface area contributed by atoms with Crippen molar-refractivity contribution in [2.24, 2.45) is 0 Å². The van der Waals surface area contributed by atoms with E-state index in [0.29, 0.717) is 10.0 Å². The summed E-state index contributed by atoms with van der Waals surface area (Å²) in [5.41, 5.74) is 2.06. The molecular formula is C15H15BrCl2N2. The van der Waals surface area contributed by atoms with Crippen molar-refractivity contribution in [3.8, 4) is 0 Å². The van der Waals surface area contributed by atoms with E-state index in [0.717, 1.165) is 28.7 Å². The van der Waals surface area contributed by atoms with Crippen LogP contribution in [0.4, 0.5) is 0 Å². The highest BCUT2D eigenvalue weighted by atomic mass is 79.9. The number of nitrogens with zero attached hydrogens (tertiary/aromatic N) is 1. The average Bonchev–Trinajstić information content (AvgIpc) is 2.42. The second kappa shape index (κ2) is 7.41. The highest BCUT2D eigenvalue weighted by Crippen LogP contribution is 2.26. The SMILES string of the molecule is CCNC(Cc1ccc(Cl)cc1Cl)c1ccc(Br)cn1. The Morgan fingerprint density at radius 3 is 2.65 bits per heavy atom. The van der Waals surface area contributed by atoms with E-state index < -0.39 is 0 Å². The van der Waals surface area contributed by atoms with E-state index in [2.05, 4.69) is 33.2 Å². The summed E-state index contributed by atoms with van der Waals surface area (Å²) in [6, 6.07) is 9.74. The van der Waals surface area contributed by atoms with Crippen LogP contribution < -0.4 is 5.32 Å². The summed E-state index contributed by atoms with van der Waals surface area (Å²) in [4.78, 5) is 4.46. The zero-order valence-corrected chi connectivity index (χ0v) is 14.1. The third-order valence-electron chi connectivity index (χ3n) is 3.00. The summed E-state index contributed by atoms with van der Waals surface area (Å²) < 4.78 is 0.973. The quantitative estimate of drug-likeness (QED) is 0.793. The summed E-state index contributed by atoms with van der Waals surface area (Å²) in [5, 5.41) is 4.78. The van der Waals surface area contributed by atoms with Crippen molar-refractivity contribution in [3.05, 3.63) is 62.3 Å². The van der Waals surface area contributed by atoms with E-state index >= 15 is 0 Å². The van der Waals surface area contributed by atoms with Crippen molar-refractivity contribution in [2.75, 3.05) is 6.54 Å². The van der Waals surface area contributed by atoms with Crippen LogP contribution in [-0.2, 0) is 6.42 Å². The molecule has 1 atom stereocenters. The molecule has 0 aliphatic heterocycles. The number of hydrogen-bond donors (Lipinski definition) is 1. The van der Waals surface area contributed by atoms with Gasteiger partial charge in [-0.2, -0.15) is 0 Å². The Hall–Kier alpha value is -0.610. The Labute approximate surface area is 137 Å². The molecule has 2 aromatic rings. The minimum Gasteiger partial charge on any atom is -0.309 e. The zero-order chi connectivity index (χ0) is 14.5. The molecule has 1 aromatic carbocycles. The van der Waals surface area contributed by atoms with Crippen molar-refractivity contribution < 1.29 is 0 Å². The maximum Gasteiger partial charge on any atom is 0.0577 e. The average molecular weight is 374 g/mol. The first kappa shape index (κ1) is 15.8. The highest BCUT2D eigenvalue weighted by molar-refractivity contribution is 9.10. The molecule has 0 spiro atoms. The van der Waals surface area contributed by atoms with Gasteiger partial charge in [-0.25, -0.2) is 0 Å². The molecule has 0 aliphatic carbocycles. The number of rotatable bonds is 5. The van der Waals surface area contributed by atoms with Crippen LogP contribution in [0.1, 0.15) is 24.2 Å². The maximum absolute atomic E-state index is 6.25. The van der Waals surface area contributed by atoms with E-state index in [4.69, 9.17) is 23.2 Å². The lowest BCUT2D eigenvalue weighted by atomic mass is 10.0. The molecule has 0 fully saturated rings. The minimum atomic E-state index is 0.131. The first-order valence-electron chi connectivity index (χ1n) is 6.39. The van der Waals surface area contributed by atoms with E-state index in [1.165, 1.54) is 0 Å². The van der Waals surface area contributed by atoms with Crippen molar-refractivity contribution in [1.82, 2.24) is 10.3 Å². The van der Waals surface area contributed by atoms with Gasteiger partial charge in [-0.3, -0.25) is 4.98 Å². The lowest BCUT2D eigenvalue weighted by molar-refractivity contribution is 0.536. The van der Waals surface area contributed by atoms with Crippen LogP contribution in [0.15, 0.2) is 41.0 Å². The first-order chi connectivity index (χ1) is 9.60. The summed E-state index contributed by atoms with van der Waals surface area (Å²) in [5.74, 6) is 0. The highest BCUT2D eigenvalue weighted by Gasteiger charge is 2.14. The molecule has 0 radical (unpaired) electrons. The molecule has 0 aliphatic rings. The first-order valence-corrected chi connectivity index (χ1v) is 7.93. The normalized spacial score (nSPS) is 12.4. The molecule has 0 saturated heterocycles. The number of aromatic nitrogens is 1. The molecule has 1 N–H and O–H groups in total. The predicted molar refractivity (Wildman–Crippen MR) is 88.5 cm³/mol. The maximum atomic E-state index is 6.25. The van der Waals surface area contributed by atoms with Crippen molar-refractivity contribution in [2.45, 2.75) is 19.4 Å². The Kier molecular flexibility index (Phi) is 5.85. The van der Waals surface area contributed by atoms with Gasteiger partial charge in [0.25, 0.3) is 0 Å². The van der Waals surface area contributed by atoms with Crippen molar-refractivity contribution in [1.29, 1.82) is 0 Å². The molecule has 0 bridgehead atoms. The smallest absolute Gasteiger partial charge is 0.0577 e. The Balaban J connectivity index is 2.22. The number of halogens is 3. The lowest BCUT2D eigenvalue weighted by Gasteiger charge is -2.18. The van der Waals surface area contributed by atoms with Gasteiger partial charge in [0.15, 0.2) is 0 Å². The van der Waals surface area contributed by atoms with E-state index in [1.807, 2.05) is 30.5 Å². The monoisotopic (exact) mass is 372 g/mol. The summed E-state index contributed by atoms with van der Waals surface area (Å²) in [7, 11) is 0. The Morgan fingerprint density at radius 2 is 2.05 bits per heavy atom. The fraction of sp³-hybridized carbons (Fsp3) is 0.267. The molecule has 20 heavy (non-hydrogen) atoms. The Morgan fingerprint density at radius 1 is 1.25 bits per heavy atom. The van der Waals surface area contributed by atoms with E-state index in [1.54, 1.807) is 6.07 Å². The minimum absolute atomic E-state index is 0.131. The fourth-order valence-electron chi connectivity index (χ4n) is 2.03. The second-order valence-electron chi connectivity index (χ2n) is 4.45. The number of hydrogen-bond acceptors (Lipinski definition) is 2. The van der Waals surface area contributed by atoms with Gasteiger partial charge >= 0.3 is 0 Å². The molecule has 1 heterocycles. The summed E-state index contributed by atoms with van der Waals surface area (Å²) in [6.45, 7) is 2.95. The summed E-state index contributed by atoms with van der Waals surface area (Å²) in [6.07, 6.45) is 2.58. The number of benzene rings is 1. The van der Waals surface area contributed by atoms with Crippen LogP contribution in [0.5, 0.6) is 0 Å². The van der Waals surface area contributed by atoms with Gasteiger partial charge in [0.2, 0.25) is 0 Å². The van der Waals surface area contributed by atoms with Gasteiger partial charge in [-0.05, 0) is 58.7 Å². The number of likely N-dealkylation sites (N-methyl/N-ethyl adjacent to an activating group) is 1. The van der Waals surface area contributed by atoms with Crippen LogP contribution >= 0.6 is 39.1 Å². The molecule has 1 aromatic heterocycles. The van der Waals surface area contributed by atoms with Gasteiger partial charge in [0, 0.05) is 20.7 Å². The van der Waals surface area contributed by atoms with Gasteiger partial charge in [-0.1, -0.05) is 36.2 Å². The number of nitrogens with one attached hydrogen (secondary N) is 1. The van der Waals surface area contributed by atoms with Crippen LogP contribution in [0.25, 0.3) is 0 Å². The molecule has 106 valence electrons. The topological polar surface area (TPSA) is 24.9 Å². The second-order valence-corrected chi connectivity index (χ2v) is 6.21. The fourth-order valence-corrected chi connectivity index (χ4v) is 2.75. The largest absolute Gasteiger partial charge is 0.309 e. The van der Waals surface area contributed by atoms with Crippen LogP contribution in [0, 0.1) is 0 Å².